The number of thiophene rings is 1. The minimum Gasteiger partial charge on any atom is -0.388 e. The lowest BCUT2D eigenvalue weighted by Gasteiger charge is -2.34. The molecule has 1 saturated carbocycles. The molecule has 0 aromatic carbocycles. The van der Waals surface area contributed by atoms with E-state index in [1.807, 2.05) is 12.1 Å². The van der Waals surface area contributed by atoms with Crippen molar-refractivity contribution in [3.63, 3.8) is 0 Å². The molecule has 2 N–H and O–H groups in total. The Morgan fingerprint density at radius 3 is 2.86 bits per heavy atom. The molecule has 1 amide bonds. The highest BCUT2D eigenvalue weighted by Gasteiger charge is 2.31. The summed E-state index contributed by atoms with van der Waals surface area (Å²) in [6.45, 7) is 2.59. The third kappa shape index (κ3) is 5.81. The van der Waals surface area contributed by atoms with Crippen molar-refractivity contribution in [1.29, 1.82) is 0 Å². The first kappa shape index (κ1) is 17.1. The van der Waals surface area contributed by atoms with Crippen molar-refractivity contribution in [1.82, 2.24) is 5.32 Å². The van der Waals surface area contributed by atoms with Gasteiger partial charge in [-0.1, -0.05) is 18.5 Å². The number of hydrogen-bond acceptors (Lipinski definition) is 4. The standard InChI is InChI=1S/C15H22ClNO2S2/c1-11-4-6-15(19,7-5-11)10-17-14(18)9-20-8-12-2-3-13(16)21-12/h2-3,11,19H,4-10H2,1H3,(H,17,18). The first-order valence-electron chi connectivity index (χ1n) is 7.28. The smallest absolute Gasteiger partial charge is 0.230 e. The molecule has 3 nitrogen and oxygen atoms in total. The average Bonchev–Trinajstić information content (AvgIpc) is 2.86. The Morgan fingerprint density at radius 2 is 2.24 bits per heavy atom. The first-order valence-corrected chi connectivity index (χ1v) is 9.63. The Bertz CT molecular complexity index is 470. The molecule has 0 saturated heterocycles. The number of aliphatic hydroxyl groups is 1. The Labute approximate surface area is 139 Å². The molecule has 0 bridgehead atoms. The lowest BCUT2D eigenvalue weighted by atomic mass is 9.79. The fourth-order valence-electron chi connectivity index (χ4n) is 2.46. The minimum absolute atomic E-state index is 0.00491. The van der Waals surface area contributed by atoms with Crippen molar-refractivity contribution in [2.45, 2.75) is 44.0 Å². The third-order valence-electron chi connectivity index (χ3n) is 3.93. The molecule has 1 aliphatic rings. The molecule has 2 rings (SSSR count). The highest BCUT2D eigenvalue weighted by molar-refractivity contribution is 7.99. The Hall–Kier alpha value is -0.230. The third-order valence-corrected chi connectivity index (χ3v) is 6.32. The number of thioether (sulfide) groups is 1. The van der Waals surface area contributed by atoms with Gasteiger partial charge in [0.2, 0.25) is 5.91 Å². The normalized spacial score (nSPS) is 25.8. The van der Waals surface area contributed by atoms with E-state index >= 15 is 0 Å². The van der Waals surface area contributed by atoms with Gasteiger partial charge < -0.3 is 10.4 Å². The SMILES string of the molecule is CC1CCC(O)(CNC(=O)CSCc2ccc(Cl)s2)CC1. The van der Waals surface area contributed by atoms with Crippen molar-refractivity contribution < 1.29 is 9.90 Å². The molecule has 0 spiro atoms. The van der Waals surface area contributed by atoms with E-state index in [9.17, 15) is 9.90 Å². The predicted molar refractivity (Wildman–Crippen MR) is 91.1 cm³/mol. The van der Waals surface area contributed by atoms with Gasteiger partial charge in [0, 0.05) is 17.2 Å². The number of nitrogens with one attached hydrogen (secondary N) is 1. The van der Waals surface area contributed by atoms with E-state index < -0.39 is 5.60 Å². The quantitative estimate of drug-likeness (QED) is 0.825. The minimum atomic E-state index is -0.700. The number of amides is 1. The van der Waals surface area contributed by atoms with E-state index in [0.717, 1.165) is 35.8 Å². The number of hydrogen-bond donors (Lipinski definition) is 2. The average molecular weight is 348 g/mol. The molecular weight excluding hydrogens is 326 g/mol. The number of halogens is 1. The molecule has 0 radical (unpaired) electrons. The monoisotopic (exact) mass is 347 g/mol. The van der Waals surface area contributed by atoms with Crippen LogP contribution in [0.3, 0.4) is 0 Å². The molecule has 1 aliphatic carbocycles. The van der Waals surface area contributed by atoms with Gasteiger partial charge in [-0.2, -0.15) is 0 Å². The Morgan fingerprint density at radius 1 is 1.52 bits per heavy atom. The maximum atomic E-state index is 11.8. The second-order valence-electron chi connectivity index (χ2n) is 5.88. The first-order chi connectivity index (χ1) is 9.97. The molecular formula is C15H22ClNO2S2. The van der Waals surface area contributed by atoms with E-state index in [1.165, 1.54) is 4.88 Å². The van der Waals surface area contributed by atoms with Gasteiger partial charge in [-0.15, -0.1) is 23.1 Å². The maximum Gasteiger partial charge on any atom is 0.230 e. The fourth-order valence-corrected chi connectivity index (χ4v) is 4.52. The zero-order valence-electron chi connectivity index (χ0n) is 12.2. The van der Waals surface area contributed by atoms with Gasteiger partial charge in [-0.25, -0.2) is 0 Å². The van der Waals surface area contributed by atoms with Crippen molar-refractivity contribution in [2.75, 3.05) is 12.3 Å². The summed E-state index contributed by atoms with van der Waals surface area (Å²) in [5.74, 6) is 1.90. The molecule has 21 heavy (non-hydrogen) atoms. The lowest BCUT2D eigenvalue weighted by Crippen LogP contribution is -2.45. The molecule has 0 aliphatic heterocycles. The van der Waals surface area contributed by atoms with Crippen LogP contribution in [0.25, 0.3) is 0 Å². The van der Waals surface area contributed by atoms with Gasteiger partial charge in [0.15, 0.2) is 0 Å². The van der Waals surface area contributed by atoms with E-state index in [4.69, 9.17) is 11.6 Å². The van der Waals surface area contributed by atoms with Crippen molar-refractivity contribution in [2.24, 2.45) is 5.92 Å². The molecule has 118 valence electrons. The topological polar surface area (TPSA) is 49.3 Å². The highest BCUT2D eigenvalue weighted by Crippen LogP contribution is 2.31. The summed E-state index contributed by atoms with van der Waals surface area (Å²) in [5.41, 5.74) is -0.700. The van der Waals surface area contributed by atoms with Crippen LogP contribution >= 0.6 is 34.7 Å². The predicted octanol–water partition coefficient (Wildman–Crippen LogP) is 3.69. The van der Waals surface area contributed by atoms with Gasteiger partial charge in [-0.3, -0.25) is 4.79 Å². The summed E-state index contributed by atoms with van der Waals surface area (Å²) in [6, 6.07) is 3.87. The van der Waals surface area contributed by atoms with Crippen LogP contribution < -0.4 is 5.32 Å². The van der Waals surface area contributed by atoms with E-state index in [2.05, 4.69) is 12.2 Å². The Balaban J connectivity index is 1.63. The molecule has 0 atom stereocenters. The molecule has 1 aromatic heterocycles. The fraction of sp³-hybridized carbons (Fsp3) is 0.667. The van der Waals surface area contributed by atoms with E-state index in [-0.39, 0.29) is 5.91 Å². The van der Waals surface area contributed by atoms with Gasteiger partial charge in [0.1, 0.15) is 0 Å². The molecule has 1 aromatic rings. The zero-order valence-corrected chi connectivity index (χ0v) is 14.6. The van der Waals surface area contributed by atoms with Crippen LogP contribution in [0.1, 0.15) is 37.5 Å². The largest absolute Gasteiger partial charge is 0.388 e. The van der Waals surface area contributed by atoms with Crippen molar-refractivity contribution in [3.05, 3.63) is 21.3 Å². The Kier molecular flexibility index (Phi) is 6.41. The summed E-state index contributed by atoms with van der Waals surface area (Å²) in [4.78, 5) is 13.0. The molecule has 0 unspecified atom stereocenters. The van der Waals surface area contributed by atoms with Crippen LogP contribution in [0.15, 0.2) is 12.1 Å². The molecule has 1 fully saturated rings. The summed E-state index contributed by atoms with van der Waals surface area (Å²) in [6.07, 6.45) is 3.66. The van der Waals surface area contributed by atoms with Gasteiger partial charge >= 0.3 is 0 Å². The lowest BCUT2D eigenvalue weighted by molar-refractivity contribution is -0.120. The van der Waals surface area contributed by atoms with Gasteiger partial charge in [0.05, 0.1) is 15.7 Å². The second kappa shape index (κ2) is 7.86. The van der Waals surface area contributed by atoms with Gasteiger partial charge in [-0.05, 0) is 43.7 Å². The summed E-state index contributed by atoms with van der Waals surface area (Å²) >= 11 is 8.99. The molecule has 1 heterocycles. The van der Waals surface area contributed by atoms with Crippen LogP contribution in [0, 0.1) is 5.92 Å². The van der Waals surface area contributed by atoms with Crippen LogP contribution in [0.4, 0.5) is 0 Å². The molecule has 6 heteroatoms. The van der Waals surface area contributed by atoms with Crippen LogP contribution in [0.5, 0.6) is 0 Å². The number of carbonyl (C=O) groups excluding carboxylic acids is 1. The van der Waals surface area contributed by atoms with Crippen LogP contribution in [-0.2, 0) is 10.5 Å². The zero-order chi connectivity index (χ0) is 15.3. The van der Waals surface area contributed by atoms with Crippen molar-refractivity contribution in [3.8, 4) is 0 Å². The second-order valence-corrected chi connectivity index (χ2v) is 8.67. The summed E-state index contributed by atoms with van der Waals surface area (Å²) in [7, 11) is 0. The number of carbonyl (C=O) groups is 1. The van der Waals surface area contributed by atoms with Crippen LogP contribution in [-0.4, -0.2) is 28.9 Å². The highest BCUT2D eigenvalue weighted by atomic mass is 35.5. The summed E-state index contributed by atoms with van der Waals surface area (Å²) < 4.78 is 0.781. The van der Waals surface area contributed by atoms with Crippen LogP contribution in [0.2, 0.25) is 4.34 Å². The van der Waals surface area contributed by atoms with E-state index in [0.29, 0.717) is 18.2 Å². The number of rotatable bonds is 6. The van der Waals surface area contributed by atoms with E-state index in [1.54, 1.807) is 23.1 Å². The van der Waals surface area contributed by atoms with Gasteiger partial charge in [0.25, 0.3) is 0 Å². The maximum absolute atomic E-state index is 11.8. The van der Waals surface area contributed by atoms with Crippen molar-refractivity contribution >= 4 is 40.6 Å². The summed E-state index contributed by atoms with van der Waals surface area (Å²) in [5, 5.41) is 13.3.